The van der Waals surface area contributed by atoms with Crippen LogP contribution >= 0.6 is 0 Å². The Hall–Kier alpha value is -0.830. The van der Waals surface area contributed by atoms with E-state index < -0.39 is 0 Å². The number of hydrogen-bond donors (Lipinski definition) is 1. The maximum Gasteiger partial charge on any atom is 0.333 e. The minimum Gasteiger partial charge on any atom is -0.462 e. The van der Waals surface area contributed by atoms with Crippen molar-refractivity contribution < 1.29 is 14.6 Å². The quantitative estimate of drug-likeness (QED) is 0.596. The zero-order chi connectivity index (χ0) is 15.3. The van der Waals surface area contributed by atoms with Gasteiger partial charge in [0.2, 0.25) is 0 Å². The summed E-state index contributed by atoms with van der Waals surface area (Å²) in [5.74, 6) is 0.348. The summed E-state index contributed by atoms with van der Waals surface area (Å²) in [6.07, 6.45) is 4.75. The van der Waals surface area contributed by atoms with E-state index in [0.29, 0.717) is 23.5 Å². The van der Waals surface area contributed by atoms with Crippen molar-refractivity contribution in [3.05, 3.63) is 12.2 Å². The summed E-state index contributed by atoms with van der Waals surface area (Å²) in [5, 5.41) is 10.3. The van der Waals surface area contributed by atoms with Gasteiger partial charge in [-0.15, -0.1) is 0 Å². The summed E-state index contributed by atoms with van der Waals surface area (Å²) in [7, 11) is 0. The van der Waals surface area contributed by atoms with Gasteiger partial charge in [0.25, 0.3) is 0 Å². The van der Waals surface area contributed by atoms with Crippen molar-refractivity contribution in [3.8, 4) is 0 Å². The average Bonchev–Trinajstić information content (AvgIpc) is 2.38. The molecule has 1 rings (SSSR count). The molecule has 0 aromatic rings. The molecule has 0 aliphatic heterocycles. The average molecular weight is 282 g/mol. The van der Waals surface area contributed by atoms with E-state index in [-0.39, 0.29) is 18.0 Å². The van der Waals surface area contributed by atoms with Gasteiger partial charge in [0, 0.05) is 5.57 Å². The molecule has 0 bridgehead atoms. The third-order valence-electron chi connectivity index (χ3n) is 4.64. The van der Waals surface area contributed by atoms with Gasteiger partial charge in [0.15, 0.2) is 0 Å². The first kappa shape index (κ1) is 17.2. The molecular weight excluding hydrogens is 252 g/mol. The van der Waals surface area contributed by atoms with Crippen LogP contribution in [0.5, 0.6) is 0 Å². The normalized spacial score (nSPS) is 27.1. The van der Waals surface area contributed by atoms with Crippen LogP contribution in [-0.4, -0.2) is 23.8 Å². The molecule has 1 aliphatic rings. The molecule has 0 spiro atoms. The number of hydrogen-bond acceptors (Lipinski definition) is 3. The van der Waals surface area contributed by atoms with Crippen molar-refractivity contribution in [1.29, 1.82) is 0 Å². The summed E-state index contributed by atoms with van der Waals surface area (Å²) in [4.78, 5) is 11.4. The molecule has 1 N–H and O–H groups in total. The SMILES string of the molecule is C=C(C)C(=O)OCC1CCC(CC(C)(C)CC)C(O)C1. The number of esters is 1. The molecular formula is C17H30O3. The third-order valence-corrected chi connectivity index (χ3v) is 4.64. The summed E-state index contributed by atoms with van der Waals surface area (Å²) in [6.45, 7) is 12.4. The number of aliphatic hydroxyl groups is 1. The van der Waals surface area contributed by atoms with Gasteiger partial charge >= 0.3 is 5.97 Å². The zero-order valence-corrected chi connectivity index (χ0v) is 13.4. The van der Waals surface area contributed by atoms with Crippen LogP contribution in [0, 0.1) is 17.3 Å². The fourth-order valence-corrected chi connectivity index (χ4v) is 2.85. The number of carbonyl (C=O) groups excluding carboxylic acids is 1. The predicted octanol–water partition coefficient (Wildman–Crippen LogP) is 3.71. The highest BCUT2D eigenvalue weighted by Crippen LogP contribution is 2.38. The molecule has 3 nitrogen and oxygen atoms in total. The molecule has 3 atom stereocenters. The zero-order valence-electron chi connectivity index (χ0n) is 13.4. The Morgan fingerprint density at radius 1 is 1.40 bits per heavy atom. The lowest BCUT2D eigenvalue weighted by molar-refractivity contribution is -0.141. The monoisotopic (exact) mass is 282 g/mol. The minimum atomic E-state index is -0.325. The van der Waals surface area contributed by atoms with Gasteiger partial charge in [-0.25, -0.2) is 4.79 Å². The van der Waals surface area contributed by atoms with Crippen LogP contribution in [-0.2, 0) is 9.53 Å². The molecule has 0 aromatic carbocycles. The van der Waals surface area contributed by atoms with Gasteiger partial charge in [-0.3, -0.25) is 0 Å². The lowest BCUT2D eigenvalue weighted by atomic mass is 9.71. The molecule has 0 amide bonds. The first-order valence-electron chi connectivity index (χ1n) is 7.76. The maximum absolute atomic E-state index is 11.4. The van der Waals surface area contributed by atoms with Crippen LogP contribution in [0.15, 0.2) is 12.2 Å². The van der Waals surface area contributed by atoms with Gasteiger partial charge in [0.05, 0.1) is 12.7 Å². The van der Waals surface area contributed by atoms with Crippen LogP contribution in [0.1, 0.15) is 59.8 Å². The standard InChI is InChI=1S/C17H30O3/c1-6-17(4,5)10-14-8-7-13(9-15(14)18)11-20-16(19)12(2)3/h13-15,18H,2,6-11H2,1,3-5H3. The van der Waals surface area contributed by atoms with E-state index in [0.717, 1.165) is 32.1 Å². The smallest absolute Gasteiger partial charge is 0.333 e. The molecule has 0 heterocycles. The van der Waals surface area contributed by atoms with Crippen molar-refractivity contribution in [2.24, 2.45) is 17.3 Å². The van der Waals surface area contributed by atoms with Crippen LogP contribution in [0.3, 0.4) is 0 Å². The van der Waals surface area contributed by atoms with E-state index in [1.54, 1.807) is 6.92 Å². The van der Waals surface area contributed by atoms with Crippen molar-refractivity contribution in [3.63, 3.8) is 0 Å². The Bertz CT molecular complexity index is 346. The first-order valence-corrected chi connectivity index (χ1v) is 7.76. The first-order chi connectivity index (χ1) is 9.25. The molecule has 1 saturated carbocycles. The molecule has 0 aromatic heterocycles. The van der Waals surface area contributed by atoms with E-state index in [4.69, 9.17) is 4.74 Å². The number of aliphatic hydroxyl groups excluding tert-OH is 1. The fraction of sp³-hybridized carbons (Fsp3) is 0.824. The Balaban J connectivity index is 2.39. The van der Waals surface area contributed by atoms with E-state index in [1.165, 1.54) is 0 Å². The second-order valence-corrected chi connectivity index (χ2v) is 7.11. The molecule has 0 radical (unpaired) electrons. The minimum absolute atomic E-state index is 0.261. The third kappa shape index (κ3) is 5.28. The molecule has 3 heteroatoms. The van der Waals surface area contributed by atoms with Gasteiger partial charge < -0.3 is 9.84 Å². The van der Waals surface area contributed by atoms with Crippen LogP contribution in [0.4, 0.5) is 0 Å². The second-order valence-electron chi connectivity index (χ2n) is 7.11. The summed E-state index contributed by atoms with van der Waals surface area (Å²) in [5.41, 5.74) is 0.731. The van der Waals surface area contributed by atoms with Crippen molar-refractivity contribution >= 4 is 5.97 Å². The van der Waals surface area contributed by atoms with Crippen molar-refractivity contribution in [2.45, 2.75) is 65.9 Å². The number of rotatable bonds is 6. The molecule has 1 aliphatic carbocycles. The highest BCUT2D eigenvalue weighted by molar-refractivity contribution is 5.86. The van der Waals surface area contributed by atoms with Gasteiger partial charge in [-0.1, -0.05) is 33.8 Å². The molecule has 3 unspecified atom stereocenters. The van der Waals surface area contributed by atoms with E-state index in [2.05, 4.69) is 27.4 Å². The van der Waals surface area contributed by atoms with E-state index >= 15 is 0 Å². The lowest BCUT2D eigenvalue weighted by Crippen LogP contribution is -2.34. The predicted molar refractivity (Wildman–Crippen MR) is 81.3 cm³/mol. The second kappa shape index (κ2) is 7.26. The largest absolute Gasteiger partial charge is 0.462 e. The van der Waals surface area contributed by atoms with Crippen LogP contribution in [0.25, 0.3) is 0 Å². The van der Waals surface area contributed by atoms with Crippen molar-refractivity contribution in [2.75, 3.05) is 6.61 Å². The summed E-state index contributed by atoms with van der Waals surface area (Å²) in [6, 6.07) is 0. The number of carbonyl (C=O) groups is 1. The van der Waals surface area contributed by atoms with Crippen LogP contribution < -0.4 is 0 Å². The Kier molecular flexibility index (Phi) is 6.25. The highest BCUT2D eigenvalue weighted by Gasteiger charge is 2.33. The molecule has 0 saturated heterocycles. The highest BCUT2D eigenvalue weighted by atomic mass is 16.5. The van der Waals surface area contributed by atoms with Crippen molar-refractivity contribution in [1.82, 2.24) is 0 Å². The topological polar surface area (TPSA) is 46.5 Å². The Morgan fingerprint density at radius 3 is 2.55 bits per heavy atom. The molecule has 20 heavy (non-hydrogen) atoms. The maximum atomic E-state index is 11.4. The Labute approximate surface area is 123 Å². The van der Waals surface area contributed by atoms with Gasteiger partial charge in [-0.05, 0) is 49.9 Å². The summed E-state index contributed by atoms with van der Waals surface area (Å²) >= 11 is 0. The summed E-state index contributed by atoms with van der Waals surface area (Å²) < 4.78 is 5.20. The molecule has 116 valence electrons. The molecule has 1 fully saturated rings. The van der Waals surface area contributed by atoms with Crippen LogP contribution in [0.2, 0.25) is 0 Å². The van der Waals surface area contributed by atoms with E-state index in [1.807, 2.05) is 0 Å². The number of ether oxygens (including phenoxy) is 1. The lowest BCUT2D eigenvalue weighted by Gasteiger charge is -2.37. The fourth-order valence-electron chi connectivity index (χ4n) is 2.85. The van der Waals surface area contributed by atoms with Gasteiger partial charge in [-0.2, -0.15) is 0 Å². The Morgan fingerprint density at radius 2 is 2.05 bits per heavy atom. The van der Waals surface area contributed by atoms with E-state index in [9.17, 15) is 9.90 Å². The van der Waals surface area contributed by atoms with Gasteiger partial charge in [0.1, 0.15) is 0 Å².